The van der Waals surface area contributed by atoms with Gasteiger partial charge in [-0.05, 0) is 52.2 Å². The Labute approximate surface area is 135 Å². The predicted molar refractivity (Wildman–Crippen MR) is 88.7 cm³/mol. The van der Waals surface area contributed by atoms with Crippen LogP contribution in [0, 0.1) is 4.91 Å². The van der Waals surface area contributed by atoms with Gasteiger partial charge in [-0.25, -0.2) is 0 Å². The Hall–Kier alpha value is -2.24. The summed E-state index contributed by atoms with van der Waals surface area (Å²) in [5.41, 5.74) is 4.97. The molecule has 0 aliphatic carbocycles. The third-order valence-electron chi connectivity index (χ3n) is 3.43. The van der Waals surface area contributed by atoms with E-state index >= 15 is 0 Å². The standard InChI is InChI=1S/C17H12BrNO3/c18-16-8-11(9-20)7-15(13-5-6-22-10-13)17(16)12-1-3-14(19-21)4-2-12/h1-8,10,20H,9H2. The summed E-state index contributed by atoms with van der Waals surface area (Å²) in [5.74, 6) is 0. The first-order valence-corrected chi connectivity index (χ1v) is 7.42. The zero-order chi connectivity index (χ0) is 15.5. The van der Waals surface area contributed by atoms with E-state index in [-0.39, 0.29) is 6.61 Å². The highest BCUT2D eigenvalue weighted by molar-refractivity contribution is 9.10. The van der Waals surface area contributed by atoms with Crippen molar-refractivity contribution in [3.63, 3.8) is 0 Å². The Kier molecular flexibility index (Phi) is 4.18. The van der Waals surface area contributed by atoms with Gasteiger partial charge in [-0.1, -0.05) is 28.1 Å². The SMILES string of the molecule is O=Nc1ccc(-c2c(Br)cc(CO)cc2-c2ccoc2)cc1. The molecule has 4 nitrogen and oxygen atoms in total. The molecule has 0 radical (unpaired) electrons. The van der Waals surface area contributed by atoms with Crippen LogP contribution in [0.3, 0.4) is 0 Å². The molecule has 0 saturated heterocycles. The second kappa shape index (κ2) is 6.25. The van der Waals surface area contributed by atoms with Gasteiger partial charge in [0.1, 0.15) is 5.69 Å². The van der Waals surface area contributed by atoms with Crippen molar-refractivity contribution < 1.29 is 9.52 Å². The van der Waals surface area contributed by atoms with Crippen molar-refractivity contribution in [2.24, 2.45) is 5.18 Å². The largest absolute Gasteiger partial charge is 0.472 e. The van der Waals surface area contributed by atoms with Crippen molar-refractivity contribution in [2.45, 2.75) is 6.61 Å². The molecule has 0 aliphatic rings. The van der Waals surface area contributed by atoms with Gasteiger partial charge in [0.2, 0.25) is 0 Å². The van der Waals surface area contributed by atoms with Gasteiger partial charge in [-0.2, -0.15) is 0 Å². The van der Waals surface area contributed by atoms with Crippen LogP contribution in [-0.2, 0) is 6.61 Å². The number of nitroso groups, excluding NO2 is 1. The van der Waals surface area contributed by atoms with Gasteiger partial charge in [0.25, 0.3) is 0 Å². The summed E-state index contributed by atoms with van der Waals surface area (Å²) in [5, 5.41) is 12.3. The van der Waals surface area contributed by atoms with Crippen molar-refractivity contribution >= 4 is 21.6 Å². The Morgan fingerprint density at radius 1 is 1.09 bits per heavy atom. The van der Waals surface area contributed by atoms with E-state index in [4.69, 9.17) is 4.42 Å². The van der Waals surface area contributed by atoms with Crippen molar-refractivity contribution in [2.75, 3.05) is 0 Å². The summed E-state index contributed by atoms with van der Waals surface area (Å²) in [4.78, 5) is 10.6. The quantitative estimate of drug-likeness (QED) is 0.647. The molecule has 0 bridgehead atoms. The van der Waals surface area contributed by atoms with Crippen LogP contribution < -0.4 is 0 Å². The molecule has 0 saturated carbocycles. The lowest BCUT2D eigenvalue weighted by atomic mass is 9.94. The van der Waals surface area contributed by atoms with Gasteiger partial charge >= 0.3 is 0 Å². The molecule has 1 N–H and O–H groups in total. The van der Waals surface area contributed by atoms with Crippen molar-refractivity contribution in [1.29, 1.82) is 0 Å². The molecule has 0 fully saturated rings. The number of rotatable bonds is 4. The van der Waals surface area contributed by atoms with Crippen LogP contribution in [0.1, 0.15) is 5.56 Å². The first-order valence-electron chi connectivity index (χ1n) is 6.62. The normalized spacial score (nSPS) is 10.6. The summed E-state index contributed by atoms with van der Waals surface area (Å²) >= 11 is 3.57. The maximum atomic E-state index is 10.6. The molecule has 5 heteroatoms. The molecule has 3 rings (SSSR count). The fourth-order valence-corrected chi connectivity index (χ4v) is 3.12. The van der Waals surface area contributed by atoms with Gasteiger partial charge < -0.3 is 9.52 Å². The fourth-order valence-electron chi connectivity index (χ4n) is 2.38. The van der Waals surface area contributed by atoms with E-state index in [1.807, 2.05) is 30.3 Å². The highest BCUT2D eigenvalue weighted by Crippen LogP contribution is 2.39. The lowest BCUT2D eigenvalue weighted by Gasteiger charge is -2.13. The van der Waals surface area contributed by atoms with Crippen molar-refractivity contribution in [3.8, 4) is 22.3 Å². The van der Waals surface area contributed by atoms with Crippen LogP contribution in [0.4, 0.5) is 5.69 Å². The van der Waals surface area contributed by atoms with Crippen LogP contribution in [0.15, 0.2) is 69.1 Å². The molecule has 2 aromatic carbocycles. The molecule has 110 valence electrons. The maximum Gasteiger partial charge on any atom is 0.108 e. The van der Waals surface area contributed by atoms with E-state index in [0.717, 1.165) is 32.3 Å². The minimum absolute atomic E-state index is 0.0439. The number of benzene rings is 2. The van der Waals surface area contributed by atoms with Crippen LogP contribution >= 0.6 is 15.9 Å². The van der Waals surface area contributed by atoms with Gasteiger partial charge in [0, 0.05) is 15.6 Å². The van der Waals surface area contributed by atoms with E-state index in [0.29, 0.717) is 5.69 Å². The smallest absolute Gasteiger partial charge is 0.108 e. The number of furan rings is 1. The molecular formula is C17H12BrNO3. The molecule has 0 unspecified atom stereocenters. The Balaban J connectivity index is 2.22. The van der Waals surface area contributed by atoms with Gasteiger partial charge in [0.15, 0.2) is 0 Å². The average molecular weight is 358 g/mol. The summed E-state index contributed by atoms with van der Waals surface area (Å²) in [6.45, 7) is -0.0439. The molecule has 0 aliphatic heterocycles. The number of aliphatic hydroxyl groups is 1. The molecule has 1 aromatic heterocycles. The zero-order valence-corrected chi connectivity index (χ0v) is 13.1. The average Bonchev–Trinajstić information content (AvgIpc) is 3.08. The lowest BCUT2D eigenvalue weighted by Crippen LogP contribution is -1.91. The van der Waals surface area contributed by atoms with Crippen molar-refractivity contribution in [1.82, 2.24) is 0 Å². The topological polar surface area (TPSA) is 62.8 Å². The van der Waals surface area contributed by atoms with Gasteiger partial charge in [0.05, 0.1) is 19.1 Å². The molecule has 3 aromatic rings. The minimum atomic E-state index is -0.0439. The summed E-state index contributed by atoms with van der Waals surface area (Å²) in [7, 11) is 0. The number of hydrogen-bond acceptors (Lipinski definition) is 4. The Morgan fingerprint density at radius 3 is 2.45 bits per heavy atom. The molecule has 1 heterocycles. The zero-order valence-electron chi connectivity index (χ0n) is 11.5. The molecular weight excluding hydrogens is 346 g/mol. The number of nitrogens with zero attached hydrogens (tertiary/aromatic N) is 1. The molecule has 0 amide bonds. The molecule has 0 atom stereocenters. The molecule has 22 heavy (non-hydrogen) atoms. The van der Waals surface area contributed by atoms with Gasteiger partial charge in [-0.15, -0.1) is 4.91 Å². The maximum absolute atomic E-state index is 10.6. The first kappa shape index (κ1) is 14.7. The lowest BCUT2D eigenvalue weighted by molar-refractivity contribution is 0.282. The monoisotopic (exact) mass is 357 g/mol. The Bertz CT molecular complexity index is 796. The Morgan fingerprint density at radius 2 is 1.86 bits per heavy atom. The van der Waals surface area contributed by atoms with Crippen molar-refractivity contribution in [3.05, 3.63) is 69.9 Å². The van der Waals surface area contributed by atoms with Crippen LogP contribution in [-0.4, -0.2) is 5.11 Å². The summed E-state index contributed by atoms with van der Waals surface area (Å²) < 4.78 is 6.04. The van der Waals surface area contributed by atoms with E-state index in [9.17, 15) is 10.0 Å². The summed E-state index contributed by atoms with van der Waals surface area (Å²) in [6, 6.07) is 12.7. The molecule has 0 spiro atoms. The van der Waals surface area contributed by atoms with E-state index < -0.39 is 0 Å². The number of halogens is 1. The highest BCUT2D eigenvalue weighted by atomic mass is 79.9. The third-order valence-corrected chi connectivity index (χ3v) is 4.05. The fraction of sp³-hybridized carbons (Fsp3) is 0.0588. The number of hydrogen-bond donors (Lipinski definition) is 1. The first-order chi connectivity index (χ1) is 10.7. The second-order valence-corrected chi connectivity index (χ2v) is 5.66. The number of aliphatic hydroxyl groups excluding tert-OH is 1. The van der Waals surface area contributed by atoms with E-state index in [1.165, 1.54) is 0 Å². The highest BCUT2D eigenvalue weighted by Gasteiger charge is 2.14. The second-order valence-electron chi connectivity index (χ2n) is 4.81. The predicted octanol–water partition coefficient (Wildman–Crippen LogP) is 5.27. The van der Waals surface area contributed by atoms with E-state index in [2.05, 4.69) is 21.1 Å². The minimum Gasteiger partial charge on any atom is -0.472 e. The van der Waals surface area contributed by atoms with Crippen LogP contribution in [0.5, 0.6) is 0 Å². The van der Waals surface area contributed by atoms with Gasteiger partial charge in [-0.3, -0.25) is 0 Å². The van der Waals surface area contributed by atoms with Crippen LogP contribution in [0.25, 0.3) is 22.3 Å². The van der Waals surface area contributed by atoms with Crippen LogP contribution in [0.2, 0.25) is 0 Å². The summed E-state index contributed by atoms with van der Waals surface area (Å²) in [6.07, 6.45) is 3.27. The van der Waals surface area contributed by atoms with E-state index in [1.54, 1.807) is 24.7 Å². The third kappa shape index (κ3) is 2.73.